The molecule has 0 spiro atoms. The van der Waals surface area contributed by atoms with Crippen molar-refractivity contribution in [1.82, 2.24) is 0 Å². The molecule has 0 bridgehead atoms. The summed E-state index contributed by atoms with van der Waals surface area (Å²) in [6.07, 6.45) is 3.15. The van der Waals surface area contributed by atoms with Crippen molar-refractivity contribution in [2.45, 2.75) is 44.4 Å². The quantitative estimate of drug-likeness (QED) is 0.428. The molecule has 0 saturated carbocycles. The Bertz CT molecular complexity index is 647. The van der Waals surface area contributed by atoms with Crippen molar-refractivity contribution >= 4 is 18.7 Å². The van der Waals surface area contributed by atoms with Crippen LogP contribution in [0.3, 0.4) is 0 Å². The van der Waals surface area contributed by atoms with Crippen molar-refractivity contribution in [2.75, 3.05) is 6.61 Å². The highest BCUT2D eigenvalue weighted by atomic mass is 28.4. The number of hydrogen-bond donors (Lipinski definition) is 0. The molecule has 0 radical (unpaired) electrons. The van der Waals surface area contributed by atoms with Gasteiger partial charge < -0.3 is 9.16 Å². The van der Waals surface area contributed by atoms with E-state index in [-0.39, 0.29) is 11.1 Å². The van der Waals surface area contributed by atoms with E-state index in [1.54, 1.807) is 0 Å². The number of ether oxygens (including phenoxy) is 1. The van der Waals surface area contributed by atoms with Crippen molar-refractivity contribution in [3.05, 3.63) is 73.3 Å². The molecule has 132 valence electrons. The average molecular weight is 353 g/mol. The van der Waals surface area contributed by atoms with Crippen LogP contribution in [0.1, 0.15) is 27.2 Å². The zero-order valence-corrected chi connectivity index (χ0v) is 16.4. The Morgan fingerprint density at radius 2 is 1.56 bits per heavy atom. The molecule has 3 rings (SSSR count). The van der Waals surface area contributed by atoms with Gasteiger partial charge in [0.25, 0.3) is 8.32 Å². The Kier molecular flexibility index (Phi) is 5.28. The molecule has 0 aromatic heterocycles. The Morgan fingerprint density at radius 1 is 1.08 bits per heavy atom. The Hall–Kier alpha value is -1.68. The second-order valence-corrected chi connectivity index (χ2v) is 12.0. The third-order valence-electron chi connectivity index (χ3n) is 4.91. The van der Waals surface area contributed by atoms with Gasteiger partial charge in [-0.05, 0) is 15.4 Å². The van der Waals surface area contributed by atoms with E-state index in [4.69, 9.17) is 9.16 Å². The van der Waals surface area contributed by atoms with E-state index in [0.717, 1.165) is 13.0 Å². The minimum Gasteiger partial charge on any atom is -0.401 e. The first-order valence-corrected chi connectivity index (χ1v) is 10.9. The van der Waals surface area contributed by atoms with E-state index < -0.39 is 8.32 Å². The topological polar surface area (TPSA) is 21.8 Å². The second-order valence-electron chi connectivity index (χ2n) is 7.75. The van der Waals surface area contributed by atoms with E-state index in [1.807, 2.05) is 6.08 Å². The molecule has 2 nitrogen and oxygen atoms in total. The standard InChI is InChI=1S/C22H28O2Si/c1-5-18(16-19-17-23-19)24-25(22(2,3)4,20-12-8-6-9-13-20)21-14-10-7-11-15-21/h5-15,18-19H,1,16-17H2,2-4H3. The summed E-state index contributed by atoms with van der Waals surface area (Å²) in [7, 11) is -2.50. The summed E-state index contributed by atoms with van der Waals surface area (Å²) in [4.78, 5) is 0. The van der Waals surface area contributed by atoms with Gasteiger partial charge in [-0.25, -0.2) is 0 Å². The van der Waals surface area contributed by atoms with Crippen LogP contribution >= 0.6 is 0 Å². The van der Waals surface area contributed by atoms with Crippen LogP contribution in [-0.2, 0) is 9.16 Å². The molecular formula is C22H28O2Si. The lowest BCUT2D eigenvalue weighted by atomic mass is 10.2. The molecular weight excluding hydrogens is 324 g/mol. The number of epoxide rings is 1. The molecule has 2 aromatic carbocycles. The number of rotatable bonds is 7. The van der Waals surface area contributed by atoms with Crippen molar-refractivity contribution in [3.8, 4) is 0 Å². The summed E-state index contributed by atoms with van der Waals surface area (Å²) in [5.74, 6) is 0. The summed E-state index contributed by atoms with van der Waals surface area (Å²) in [6.45, 7) is 11.8. The zero-order valence-electron chi connectivity index (χ0n) is 15.4. The molecule has 3 heteroatoms. The van der Waals surface area contributed by atoms with Crippen molar-refractivity contribution in [1.29, 1.82) is 0 Å². The molecule has 1 saturated heterocycles. The monoisotopic (exact) mass is 352 g/mol. The summed E-state index contributed by atoms with van der Waals surface area (Å²) in [6, 6.07) is 21.5. The first kappa shape index (κ1) is 18.1. The minimum atomic E-state index is -2.50. The molecule has 1 heterocycles. The van der Waals surface area contributed by atoms with Gasteiger partial charge in [-0.1, -0.05) is 87.5 Å². The van der Waals surface area contributed by atoms with Crippen LogP contribution in [0, 0.1) is 0 Å². The highest BCUT2D eigenvalue weighted by molar-refractivity contribution is 6.99. The predicted molar refractivity (Wildman–Crippen MR) is 107 cm³/mol. The van der Waals surface area contributed by atoms with Gasteiger partial charge in [0.05, 0.1) is 18.8 Å². The Labute approximate surface area is 152 Å². The van der Waals surface area contributed by atoms with Crippen molar-refractivity contribution in [3.63, 3.8) is 0 Å². The van der Waals surface area contributed by atoms with E-state index in [0.29, 0.717) is 6.10 Å². The molecule has 0 amide bonds. The SMILES string of the molecule is C=CC(CC1CO1)O[Si](c1ccccc1)(c1ccccc1)C(C)(C)C. The van der Waals surface area contributed by atoms with Gasteiger partial charge in [0.2, 0.25) is 0 Å². The fourth-order valence-electron chi connectivity index (χ4n) is 3.57. The Morgan fingerprint density at radius 3 is 1.92 bits per heavy atom. The highest BCUT2D eigenvalue weighted by Crippen LogP contribution is 2.38. The molecule has 1 aliphatic heterocycles. The average Bonchev–Trinajstić information content (AvgIpc) is 3.43. The van der Waals surface area contributed by atoms with Crippen LogP contribution in [0.25, 0.3) is 0 Å². The summed E-state index contributed by atoms with van der Waals surface area (Å²) < 4.78 is 12.5. The van der Waals surface area contributed by atoms with Gasteiger partial charge in [-0.15, -0.1) is 6.58 Å². The molecule has 2 aromatic rings. The first-order valence-electron chi connectivity index (χ1n) is 9.00. The van der Waals surface area contributed by atoms with Crippen molar-refractivity contribution in [2.24, 2.45) is 0 Å². The van der Waals surface area contributed by atoms with Crippen LogP contribution in [0.15, 0.2) is 73.3 Å². The van der Waals surface area contributed by atoms with Gasteiger partial charge in [-0.3, -0.25) is 0 Å². The van der Waals surface area contributed by atoms with Crippen LogP contribution in [-0.4, -0.2) is 27.1 Å². The zero-order chi connectivity index (χ0) is 17.9. The maximum Gasteiger partial charge on any atom is 0.261 e. The van der Waals surface area contributed by atoms with Gasteiger partial charge in [0.1, 0.15) is 0 Å². The summed E-state index contributed by atoms with van der Waals surface area (Å²) in [5.41, 5.74) is 0. The fraction of sp³-hybridized carbons (Fsp3) is 0.364. The molecule has 0 N–H and O–H groups in total. The molecule has 2 atom stereocenters. The lowest BCUT2D eigenvalue weighted by molar-refractivity contribution is 0.206. The maximum atomic E-state index is 7.02. The van der Waals surface area contributed by atoms with E-state index in [2.05, 4.69) is 88.0 Å². The normalized spacial score (nSPS) is 18.6. The smallest absolute Gasteiger partial charge is 0.261 e. The number of hydrogen-bond acceptors (Lipinski definition) is 2. The molecule has 2 unspecified atom stereocenters. The molecule has 1 fully saturated rings. The van der Waals surface area contributed by atoms with E-state index in [1.165, 1.54) is 10.4 Å². The fourth-order valence-corrected chi connectivity index (χ4v) is 8.24. The van der Waals surface area contributed by atoms with Crippen molar-refractivity contribution < 1.29 is 9.16 Å². The number of benzene rings is 2. The molecule has 0 aliphatic carbocycles. The molecule has 25 heavy (non-hydrogen) atoms. The van der Waals surface area contributed by atoms with Gasteiger partial charge >= 0.3 is 0 Å². The van der Waals surface area contributed by atoms with Gasteiger partial charge in [-0.2, -0.15) is 0 Å². The van der Waals surface area contributed by atoms with E-state index in [9.17, 15) is 0 Å². The lowest BCUT2D eigenvalue weighted by Gasteiger charge is -2.44. The van der Waals surface area contributed by atoms with Gasteiger partial charge in [0, 0.05) is 6.42 Å². The van der Waals surface area contributed by atoms with Crippen LogP contribution in [0.4, 0.5) is 0 Å². The highest BCUT2D eigenvalue weighted by Gasteiger charge is 2.51. The first-order chi connectivity index (χ1) is 12.0. The largest absolute Gasteiger partial charge is 0.401 e. The predicted octanol–water partition coefficient (Wildman–Crippen LogP) is 3.91. The summed E-state index contributed by atoms with van der Waals surface area (Å²) >= 11 is 0. The van der Waals surface area contributed by atoms with Gasteiger partial charge in [0.15, 0.2) is 0 Å². The van der Waals surface area contributed by atoms with Crippen LogP contribution in [0.2, 0.25) is 5.04 Å². The minimum absolute atomic E-state index is 0.00111. The molecule has 1 aliphatic rings. The maximum absolute atomic E-state index is 7.02. The Balaban J connectivity index is 2.12. The summed E-state index contributed by atoms with van der Waals surface area (Å²) in [5, 5.41) is 2.59. The lowest BCUT2D eigenvalue weighted by Crippen LogP contribution is -2.67. The van der Waals surface area contributed by atoms with E-state index >= 15 is 0 Å². The third kappa shape index (κ3) is 3.79. The second kappa shape index (κ2) is 7.28. The van der Waals surface area contributed by atoms with Crippen LogP contribution in [0.5, 0.6) is 0 Å². The third-order valence-corrected chi connectivity index (χ3v) is 9.97. The van der Waals surface area contributed by atoms with Crippen LogP contribution < -0.4 is 10.4 Å².